The van der Waals surface area contributed by atoms with Crippen LogP contribution in [-0.4, -0.2) is 60.2 Å². The van der Waals surface area contributed by atoms with Gasteiger partial charge >= 0.3 is 6.09 Å². The van der Waals surface area contributed by atoms with Crippen molar-refractivity contribution < 1.29 is 9.53 Å². The summed E-state index contributed by atoms with van der Waals surface area (Å²) in [7, 11) is 0. The number of nitrogens with zero attached hydrogens (tertiary/aromatic N) is 2. The van der Waals surface area contributed by atoms with E-state index in [9.17, 15) is 4.79 Å². The highest BCUT2D eigenvalue weighted by atomic mass is 16.6. The van der Waals surface area contributed by atoms with Crippen LogP contribution in [-0.2, 0) is 11.3 Å². The van der Waals surface area contributed by atoms with Crippen LogP contribution >= 0.6 is 0 Å². The van der Waals surface area contributed by atoms with Crippen LogP contribution in [0.3, 0.4) is 0 Å². The molecule has 0 unspecified atom stereocenters. The van der Waals surface area contributed by atoms with Crippen LogP contribution in [0.2, 0.25) is 0 Å². The number of amides is 1. The van der Waals surface area contributed by atoms with Crippen LogP contribution in [0.25, 0.3) is 0 Å². The Morgan fingerprint density at radius 1 is 1.19 bits per heavy atom. The van der Waals surface area contributed by atoms with Crippen LogP contribution in [0.4, 0.5) is 4.79 Å². The van der Waals surface area contributed by atoms with Crippen molar-refractivity contribution in [2.45, 2.75) is 31.2 Å². The van der Waals surface area contributed by atoms with Crippen molar-refractivity contribution >= 4 is 6.09 Å². The maximum atomic E-state index is 12.0. The Labute approximate surface area is 124 Å². The van der Waals surface area contributed by atoms with Crippen LogP contribution in [0.5, 0.6) is 0 Å². The molecule has 2 bridgehead atoms. The van der Waals surface area contributed by atoms with Gasteiger partial charge in [0, 0.05) is 44.3 Å². The number of likely N-dealkylation sites (tertiary alicyclic amines) is 2. The van der Waals surface area contributed by atoms with Gasteiger partial charge in [0.2, 0.25) is 0 Å². The average Bonchev–Trinajstić information content (AvgIpc) is 3.07. The zero-order chi connectivity index (χ0) is 14.2. The van der Waals surface area contributed by atoms with Crippen molar-refractivity contribution in [1.29, 1.82) is 0 Å². The molecule has 0 spiro atoms. The highest BCUT2D eigenvalue weighted by Gasteiger charge is 2.45. The number of carbonyl (C=O) groups excluding carboxylic acids is 1. The monoisotopic (exact) mass is 287 g/mol. The second-order valence-electron chi connectivity index (χ2n) is 6.29. The summed E-state index contributed by atoms with van der Waals surface area (Å²) in [5.41, 5.74) is 1.03. The highest BCUT2D eigenvalue weighted by molar-refractivity contribution is 5.68. The first-order valence-electron chi connectivity index (χ1n) is 7.74. The number of piperazine rings is 1. The van der Waals surface area contributed by atoms with Gasteiger partial charge < -0.3 is 15.0 Å². The summed E-state index contributed by atoms with van der Waals surface area (Å²) in [5.74, 6) is 0. The smallest absolute Gasteiger partial charge is 0.410 e. The van der Waals surface area contributed by atoms with E-state index in [-0.39, 0.29) is 6.09 Å². The molecule has 21 heavy (non-hydrogen) atoms. The molecule has 112 valence electrons. The third kappa shape index (κ3) is 2.51. The third-order valence-electron chi connectivity index (χ3n) is 4.89. The molecule has 3 aliphatic heterocycles. The molecule has 0 aromatic heterocycles. The predicted molar refractivity (Wildman–Crippen MR) is 78.9 cm³/mol. The van der Waals surface area contributed by atoms with Crippen molar-refractivity contribution in [2.24, 2.45) is 0 Å². The quantitative estimate of drug-likeness (QED) is 0.903. The molecule has 4 rings (SSSR count). The Morgan fingerprint density at radius 2 is 2.00 bits per heavy atom. The van der Waals surface area contributed by atoms with Gasteiger partial charge in [-0.15, -0.1) is 0 Å². The number of ether oxygens (including phenoxy) is 1. The third-order valence-corrected chi connectivity index (χ3v) is 4.89. The number of fused-ring (bicyclic) bond motifs is 2. The Morgan fingerprint density at radius 3 is 2.67 bits per heavy atom. The molecule has 3 fully saturated rings. The Balaban J connectivity index is 1.23. The van der Waals surface area contributed by atoms with E-state index in [0.717, 1.165) is 31.7 Å². The second-order valence-corrected chi connectivity index (χ2v) is 6.29. The SMILES string of the molecule is O=C(OCc1ccccc1)N1CC(N2C[C@@H]3C[C@H]2CN3)C1. The van der Waals surface area contributed by atoms with E-state index in [1.807, 2.05) is 35.2 Å². The van der Waals surface area contributed by atoms with Gasteiger partial charge in [-0.2, -0.15) is 0 Å². The fourth-order valence-corrected chi connectivity index (χ4v) is 3.67. The van der Waals surface area contributed by atoms with Crippen molar-refractivity contribution in [3.8, 4) is 0 Å². The molecule has 5 nitrogen and oxygen atoms in total. The van der Waals surface area contributed by atoms with Gasteiger partial charge in [-0.25, -0.2) is 4.79 Å². The van der Waals surface area contributed by atoms with Gasteiger partial charge in [0.05, 0.1) is 0 Å². The van der Waals surface area contributed by atoms with Gasteiger partial charge in [0.1, 0.15) is 6.61 Å². The summed E-state index contributed by atoms with van der Waals surface area (Å²) in [5, 5.41) is 3.51. The van der Waals surface area contributed by atoms with E-state index in [1.54, 1.807) is 0 Å². The number of nitrogens with one attached hydrogen (secondary N) is 1. The fraction of sp³-hybridized carbons (Fsp3) is 0.562. The minimum Gasteiger partial charge on any atom is -0.445 e. The maximum Gasteiger partial charge on any atom is 0.410 e. The van der Waals surface area contributed by atoms with E-state index in [2.05, 4.69) is 10.2 Å². The molecule has 1 aromatic carbocycles. The van der Waals surface area contributed by atoms with Crippen LogP contribution < -0.4 is 5.32 Å². The Hall–Kier alpha value is -1.59. The lowest BCUT2D eigenvalue weighted by Crippen LogP contribution is -2.64. The molecular formula is C16H21N3O2. The molecule has 1 amide bonds. The first kappa shape index (κ1) is 13.1. The molecule has 3 saturated heterocycles. The van der Waals surface area contributed by atoms with E-state index in [0.29, 0.717) is 24.7 Å². The Bertz CT molecular complexity index is 516. The van der Waals surface area contributed by atoms with Crippen molar-refractivity contribution in [1.82, 2.24) is 15.1 Å². The minimum atomic E-state index is -0.183. The van der Waals surface area contributed by atoms with Gasteiger partial charge in [-0.3, -0.25) is 4.90 Å². The summed E-state index contributed by atoms with van der Waals surface area (Å²) < 4.78 is 5.36. The molecule has 3 heterocycles. The maximum absolute atomic E-state index is 12.0. The van der Waals surface area contributed by atoms with Crippen LogP contribution in [0, 0.1) is 0 Å². The fourth-order valence-electron chi connectivity index (χ4n) is 3.67. The Kier molecular flexibility index (Phi) is 3.31. The molecule has 0 aliphatic carbocycles. The molecule has 0 saturated carbocycles. The lowest BCUT2D eigenvalue weighted by Gasteiger charge is -2.46. The number of rotatable bonds is 3. The normalized spacial score (nSPS) is 28.7. The van der Waals surface area contributed by atoms with E-state index < -0.39 is 0 Å². The lowest BCUT2D eigenvalue weighted by atomic mass is 10.1. The molecular weight excluding hydrogens is 266 g/mol. The molecule has 5 heteroatoms. The van der Waals surface area contributed by atoms with Crippen LogP contribution in [0.1, 0.15) is 12.0 Å². The standard InChI is InChI=1S/C16H21N3O2/c20-16(21-11-12-4-2-1-3-5-12)18-9-15(10-18)19-8-13-6-14(19)7-17-13/h1-5,13-15,17H,6-11H2/t13-,14-/m0/s1. The summed E-state index contributed by atoms with van der Waals surface area (Å²) in [6, 6.07) is 11.7. The minimum absolute atomic E-state index is 0.183. The van der Waals surface area contributed by atoms with Gasteiger partial charge in [-0.1, -0.05) is 30.3 Å². The number of benzene rings is 1. The second kappa shape index (κ2) is 5.31. The summed E-state index contributed by atoms with van der Waals surface area (Å²) in [6.45, 7) is 4.24. The number of hydrogen-bond donors (Lipinski definition) is 1. The molecule has 3 aliphatic rings. The predicted octanol–water partition coefficient (Wildman–Crippen LogP) is 1.05. The molecule has 2 atom stereocenters. The molecule has 1 N–H and O–H groups in total. The van der Waals surface area contributed by atoms with Crippen molar-refractivity contribution in [3.63, 3.8) is 0 Å². The van der Waals surface area contributed by atoms with E-state index in [1.165, 1.54) is 6.42 Å². The summed E-state index contributed by atoms with van der Waals surface area (Å²) >= 11 is 0. The molecule has 1 aromatic rings. The summed E-state index contributed by atoms with van der Waals surface area (Å²) in [4.78, 5) is 16.4. The highest BCUT2D eigenvalue weighted by Crippen LogP contribution is 2.29. The largest absolute Gasteiger partial charge is 0.445 e. The lowest BCUT2D eigenvalue weighted by molar-refractivity contribution is 0.00990. The first-order valence-corrected chi connectivity index (χ1v) is 7.74. The topological polar surface area (TPSA) is 44.8 Å². The zero-order valence-corrected chi connectivity index (χ0v) is 12.1. The number of carbonyl (C=O) groups is 1. The van der Waals surface area contributed by atoms with Crippen LogP contribution in [0.15, 0.2) is 30.3 Å². The van der Waals surface area contributed by atoms with Gasteiger partial charge in [-0.05, 0) is 12.0 Å². The zero-order valence-electron chi connectivity index (χ0n) is 12.1. The van der Waals surface area contributed by atoms with Gasteiger partial charge in [0.25, 0.3) is 0 Å². The first-order chi connectivity index (χ1) is 10.3. The van der Waals surface area contributed by atoms with Crippen molar-refractivity contribution in [2.75, 3.05) is 26.2 Å². The molecule has 0 radical (unpaired) electrons. The number of hydrogen-bond acceptors (Lipinski definition) is 4. The average molecular weight is 287 g/mol. The van der Waals surface area contributed by atoms with E-state index >= 15 is 0 Å². The summed E-state index contributed by atoms with van der Waals surface area (Å²) in [6.07, 6.45) is 1.09. The van der Waals surface area contributed by atoms with Gasteiger partial charge in [0.15, 0.2) is 0 Å². The van der Waals surface area contributed by atoms with E-state index in [4.69, 9.17) is 4.74 Å². The van der Waals surface area contributed by atoms with Crippen molar-refractivity contribution in [3.05, 3.63) is 35.9 Å².